The minimum atomic E-state index is -0.252. The van der Waals surface area contributed by atoms with E-state index in [0.29, 0.717) is 31.2 Å². The summed E-state index contributed by atoms with van der Waals surface area (Å²) in [7, 11) is 5.05. The molecule has 0 spiro atoms. The molecule has 40 heavy (non-hydrogen) atoms. The summed E-state index contributed by atoms with van der Waals surface area (Å²) in [5.41, 5.74) is 7.19. The fourth-order valence-electron chi connectivity index (χ4n) is 5.01. The second-order valence-electron chi connectivity index (χ2n) is 10.1. The van der Waals surface area contributed by atoms with E-state index in [1.165, 1.54) is 11.0 Å². The number of carbonyl (C=O) groups excluding carboxylic acids is 1. The van der Waals surface area contributed by atoms with Gasteiger partial charge >= 0.3 is 0 Å². The zero-order valence-electron chi connectivity index (χ0n) is 23.6. The lowest BCUT2D eigenvalue weighted by molar-refractivity contribution is -0.123. The normalized spacial score (nSPS) is 13.2. The first kappa shape index (κ1) is 28.9. The Bertz CT molecular complexity index is 1430. The van der Waals surface area contributed by atoms with E-state index >= 15 is 0 Å². The van der Waals surface area contributed by atoms with Crippen LogP contribution < -0.4 is 14.8 Å². The molecule has 0 bridgehead atoms. The molecule has 0 aromatic heterocycles. The van der Waals surface area contributed by atoms with Crippen LogP contribution in [0.3, 0.4) is 0 Å². The molecule has 0 heterocycles. The van der Waals surface area contributed by atoms with Gasteiger partial charge in [-0.3, -0.25) is 4.79 Å². The Morgan fingerprint density at radius 1 is 1.05 bits per heavy atom. The van der Waals surface area contributed by atoms with E-state index in [2.05, 4.69) is 5.32 Å². The first-order valence-corrected chi connectivity index (χ1v) is 13.5. The molecule has 3 aromatic carbocycles. The van der Waals surface area contributed by atoms with E-state index < -0.39 is 0 Å². The number of methoxy groups -OCH3 is 1. The minimum absolute atomic E-state index is 0.0520. The van der Waals surface area contributed by atoms with Crippen LogP contribution in [0.1, 0.15) is 40.7 Å². The molecule has 0 saturated heterocycles. The van der Waals surface area contributed by atoms with Crippen molar-refractivity contribution in [3.63, 3.8) is 0 Å². The molecule has 0 unspecified atom stereocenters. The van der Waals surface area contributed by atoms with Crippen molar-refractivity contribution < 1.29 is 23.8 Å². The molecule has 6 nitrogen and oxygen atoms in total. The molecule has 4 rings (SSSR count). The molecule has 2 N–H and O–H groups in total. The predicted molar refractivity (Wildman–Crippen MR) is 157 cm³/mol. The first-order valence-electron chi connectivity index (χ1n) is 13.5. The number of nitrogens with zero attached hydrogens (tertiary/aromatic N) is 1. The summed E-state index contributed by atoms with van der Waals surface area (Å²) >= 11 is 0. The van der Waals surface area contributed by atoms with Crippen LogP contribution in [-0.4, -0.2) is 56.8 Å². The molecule has 3 aromatic rings. The number of phenols is 1. The largest absolute Gasteiger partial charge is 0.508 e. The van der Waals surface area contributed by atoms with Crippen molar-refractivity contribution in [1.29, 1.82) is 0 Å². The summed E-state index contributed by atoms with van der Waals surface area (Å²) in [5.74, 6) is 1.18. The number of nitrogens with one attached hydrogen (secondary N) is 1. The van der Waals surface area contributed by atoms with Gasteiger partial charge in [0.1, 0.15) is 18.2 Å². The van der Waals surface area contributed by atoms with Gasteiger partial charge in [-0.15, -0.1) is 0 Å². The number of allylic oxidation sites excluding steroid dienone is 1. The second kappa shape index (κ2) is 13.3. The average molecular weight is 545 g/mol. The number of ether oxygens (including phenoxy) is 2. The number of carbonyl (C=O) groups is 1. The third-order valence-electron chi connectivity index (χ3n) is 7.00. The highest BCUT2D eigenvalue weighted by atomic mass is 19.1. The molecule has 0 fully saturated rings. The van der Waals surface area contributed by atoms with Gasteiger partial charge in [-0.25, -0.2) is 4.39 Å². The average Bonchev–Trinajstić information content (AvgIpc) is 3.11. The number of hydrogen-bond acceptors (Lipinski definition) is 5. The van der Waals surface area contributed by atoms with Crippen LogP contribution in [0.5, 0.6) is 17.2 Å². The van der Waals surface area contributed by atoms with E-state index in [4.69, 9.17) is 9.47 Å². The number of benzene rings is 3. The highest BCUT2D eigenvalue weighted by molar-refractivity contribution is 6.00. The summed E-state index contributed by atoms with van der Waals surface area (Å²) in [6.07, 6.45) is 5.89. The smallest absolute Gasteiger partial charge is 0.245 e. The number of rotatable bonds is 10. The van der Waals surface area contributed by atoms with E-state index in [0.717, 1.165) is 58.2 Å². The van der Waals surface area contributed by atoms with Crippen molar-refractivity contribution in [2.24, 2.45) is 0 Å². The van der Waals surface area contributed by atoms with Crippen LogP contribution in [-0.2, 0) is 11.2 Å². The third kappa shape index (κ3) is 6.90. The lowest BCUT2D eigenvalue weighted by Gasteiger charge is -2.19. The molecular formula is C33H37FN2O4. The summed E-state index contributed by atoms with van der Waals surface area (Å²) < 4.78 is 25.7. The molecule has 0 atom stereocenters. The van der Waals surface area contributed by atoms with Gasteiger partial charge in [0.25, 0.3) is 0 Å². The number of aromatic hydroxyl groups is 1. The summed E-state index contributed by atoms with van der Waals surface area (Å²) in [6, 6.07) is 16.4. The standard InChI is InChI=1S/C33H37FN2O4/c1-22-19-25(34)11-13-27(22)29-8-5-7-23-20-26(37)12-14-28(23)33(29)24-10-15-30(31(21-24)39-4)40-18-17-35-16-6-9-32(38)36(2)3/h6,9-15,19-21,35,37H,5,7-8,16-18H2,1-4H3/b9-6+. The Kier molecular flexibility index (Phi) is 9.61. The fraction of sp³-hybridized carbons (Fsp3) is 0.303. The van der Waals surface area contributed by atoms with Gasteiger partial charge in [-0.05, 0) is 102 Å². The number of likely N-dealkylation sites (N-methyl/N-ethyl adjacent to an activating group) is 1. The zero-order valence-corrected chi connectivity index (χ0v) is 23.6. The Labute approximate surface area is 235 Å². The Morgan fingerprint density at radius 3 is 2.60 bits per heavy atom. The Morgan fingerprint density at radius 2 is 1.85 bits per heavy atom. The molecule has 0 radical (unpaired) electrons. The number of aryl methyl sites for hydroxylation is 2. The van der Waals surface area contributed by atoms with Crippen molar-refractivity contribution in [1.82, 2.24) is 10.2 Å². The molecule has 1 aliphatic carbocycles. The highest BCUT2D eigenvalue weighted by Gasteiger charge is 2.22. The molecule has 0 aliphatic heterocycles. The van der Waals surface area contributed by atoms with E-state index in [9.17, 15) is 14.3 Å². The van der Waals surface area contributed by atoms with Crippen molar-refractivity contribution in [3.8, 4) is 17.2 Å². The third-order valence-corrected chi connectivity index (χ3v) is 7.00. The maximum absolute atomic E-state index is 14.0. The molecule has 1 amide bonds. The van der Waals surface area contributed by atoms with Gasteiger partial charge in [0.05, 0.1) is 7.11 Å². The molecule has 1 aliphatic rings. The SMILES string of the molecule is COc1cc(C2=C(c3ccc(F)cc3C)CCCc3cc(O)ccc32)ccc1OCCNC/C=C/C(=O)N(C)C. The Balaban J connectivity index is 1.62. The number of phenolic OH excluding ortho intramolecular Hbond substituents is 1. The van der Waals surface area contributed by atoms with Crippen LogP contribution in [0.4, 0.5) is 4.39 Å². The first-order chi connectivity index (χ1) is 19.3. The number of fused-ring (bicyclic) bond motifs is 1. The topological polar surface area (TPSA) is 71.0 Å². The van der Waals surface area contributed by atoms with Crippen LogP contribution in [0.2, 0.25) is 0 Å². The van der Waals surface area contributed by atoms with Gasteiger partial charge in [-0.2, -0.15) is 0 Å². The van der Waals surface area contributed by atoms with Crippen LogP contribution in [0.15, 0.2) is 66.7 Å². The summed E-state index contributed by atoms with van der Waals surface area (Å²) in [4.78, 5) is 13.1. The second-order valence-corrected chi connectivity index (χ2v) is 10.1. The number of hydrogen-bond donors (Lipinski definition) is 2. The predicted octanol–water partition coefficient (Wildman–Crippen LogP) is 5.76. The van der Waals surface area contributed by atoms with Crippen molar-refractivity contribution in [2.45, 2.75) is 26.2 Å². The van der Waals surface area contributed by atoms with E-state index in [1.54, 1.807) is 45.5 Å². The van der Waals surface area contributed by atoms with Gasteiger partial charge in [0, 0.05) is 33.3 Å². The van der Waals surface area contributed by atoms with Gasteiger partial charge in [0.15, 0.2) is 11.5 Å². The van der Waals surface area contributed by atoms with Crippen molar-refractivity contribution >= 4 is 17.1 Å². The number of halogens is 1. The van der Waals surface area contributed by atoms with Crippen molar-refractivity contribution in [3.05, 3.63) is 100 Å². The van der Waals surface area contributed by atoms with E-state index in [1.807, 2.05) is 43.3 Å². The lowest BCUT2D eigenvalue weighted by Crippen LogP contribution is -2.22. The molecule has 0 saturated carbocycles. The van der Waals surface area contributed by atoms with Gasteiger partial charge in [0.2, 0.25) is 5.91 Å². The highest BCUT2D eigenvalue weighted by Crippen LogP contribution is 2.43. The fourth-order valence-corrected chi connectivity index (χ4v) is 5.01. The van der Waals surface area contributed by atoms with Crippen LogP contribution in [0.25, 0.3) is 11.1 Å². The monoisotopic (exact) mass is 544 g/mol. The summed E-state index contributed by atoms with van der Waals surface area (Å²) in [5, 5.41) is 13.4. The maximum Gasteiger partial charge on any atom is 0.245 e. The van der Waals surface area contributed by atoms with Gasteiger partial charge in [-0.1, -0.05) is 24.3 Å². The lowest BCUT2D eigenvalue weighted by atomic mass is 9.86. The zero-order chi connectivity index (χ0) is 28.6. The quantitative estimate of drug-likeness (QED) is 0.251. The molecule has 7 heteroatoms. The van der Waals surface area contributed by atoms with Crippen LogP contribution in [0, 0.1) is 12.7 Å². The molecule has 210 valence electrons. The summed E-state index contributed by atoms with van der Waals surface area (Å²) in [6.45, 7) is 3.53. The number of amides is 1. The maximum atomic E-state index is 14.0. The van der Waals surface area contributed by atoms with Crippen LogP contribution >= 0.6 is 0 Å². The minimum Gasteiger partial charge on any atom is -0.508 e. The van der Waals surface area contributed by atoms with Crippen molar-refractivity contribution in [2.75, 3.05) is 40.9 Å². The van der Waals surface area contributed by atoms with E-state index in [-0.39, 0.29) is 17.5 Å². The molecular weight excluding hydrogens is 507 g/mol. The Hall–Kier alpha value is -4.10. The van der Waals surface area contributed by atoms with Gasteiger partial charge < -0.3 is 24.8 Å².